The minimum atomic E-state index is -0.136. The first-order valence-electron chi connectivity index (χ1n) is 4.47. The van der Waals surface area contributed by atoms with Crippen LogP contribution in [0.25, 0.3) is 0 Å². The Labute approximate surface area is 82.7 Å². The van der Waals surface area contributed by atoms with Crippen LogP contribution in [-0.2, 0) is 11.3 Å². The van der Waals surface area contributed by atoms with Crippen LogP contribution in [0.4, 0.5) is 0 Å². The summed E-state index contributed by atoms with van der Waals surface area (Å²) in [5.41, 5.74) is 0.665. The highest BCUT2D eigenvalue weighted by molar-refractivity contribution is 5.89. The van der Waals surface area contributed by atoms with Crippen LogP contribution in [0, 0.1) is 6.92 Å². The molecular formula is C11H13NO2. The topological polar surface area (TPSA) is 39.1 Å². The summed E-state index contributed by atoms with van der Waals surface area (Å²) in [6.45, 7) is 3.71. The largest absolute Gasteiger partial charge is 0.305 e. The number of carbonyl (C=O) groups is 1. The highest BCUT2D eigenvalue weighted by Gasteiger charge is 2.02. The number of allylic oxidation sites excluding steroid dienone is 2. The van der Waals surface area contributed by atoms with Crippen molar-refractivity contribution in [1.82, 2.24) is 4.57 Å². The Kier molecular flexibility index (Phi) is 3.40. The van der Waals surface area contributed by atoms with Crippen LogP contribution in [0.5, 0.6) is 0 Å². The Morgan fingerprint density at radius 1 is 1.50 bits per heavy atom. The average molecular weight is 191 g/mol. The molecule has 0 saturated heterocycles. The molecule has 1 aromatic rings. The molecule has 3 nitrogen and oxygen atoms in total. The Balaban J connectivity index is 2.97. The third-order valence-electron chi connectivity index (χ3n) is 1.93. The molecule has 0 spiro atoms. The number of ketones is 1. The molecule has 3 heteroatoms. The van der Waals surface area contributed by atoms with Gasteiger partial charge in [0.05, 0.1) is 6.54 Å². The van der Waals surface area contributed by atoms with Crippen LogP contribution in [0.1, 0.15) is 12.6 Å². The number of pyridine rings is 1. The molecule has 0 aliphatic carbocycles. The molecule has 1 aromatic heterocycles. The molecule has 14 heavy (non-hydrogen) atoms. The first-order valence-corrected chi connectivity index (χ1v) is 4.47. The zero-order valence-corrected chi connectivity index (χ0v) is 8.36. The predicted molar refractivity (Wildman–Crippen MR) is 55.3 cm³/mol. The Bertz CT molecular complexity index is 416. The number of hydrogen-bond donors (Lipinski definition) is 0. The molecule has 0 atom stereocenters. The minimum absolute atomic E-state index is 0.0658. The van der Waals surface area contributed by atoms with Crippen molar-refractivity contribution in [1.29, 1.82) is 0 Å². The summed E-state index contributed by atoms with van der Waals surface area (Å²) >= 11 is 0. The molecule has 0 unspecified atom stereocenters. The quantitative estimate of drug-likeness (QED) is 0.675. The number of hydrogen-bond acceptors (Lipinski definition) is 2. The van der Waals surface area contributed by atoms with E-state index in [0.29, 0.717) is 0 Å². The van der Waals surface area contributed by atoms with Gasteiger partial charge in [0.25, 0.3) is 5.56 Å². The van der Waals surface area contributed by atoms with Crippen LogP contribution in [0.2, 0.25) is 0 Å². The third-order valence-corrected chi connectivity index (χ3v) is 1.93. The van der Waals surface area contributed by atoms with E-state index in [4.69, 9.17) is 0 Å². The summed E-state index contributed by atoms with van der Waals surface area (Å²) in [6.07, 6.45) is 3.14. The second-order valence-corrected chi connectivity index (χ2v) is 3.06. The molecular weight excluding hydrogens is 178 g/mol. The third kappa shape index (κ3) is 2.42. The lowest BCUT2D eigenvalue weighted by molar-refractivity contribution is -0.115. The molecule has 1 rings (SSSR count). The maximum absolute atomic E-state index is 11.4. The molecule has 0 aliphatic heterocycles. The maximum atomic E-state index is 11.4. The first kappa shape index (κ1) is 10.4. The molecule has 0 bridgehead atoms. The molecule has 0 amide bonds. The fraction of sp³-hybridized carbons (Fsp3) is 0.273. The first-order chi connectivity index (χ1) is 6.65. The van der Waals surface area contributed by atoms with E-state index in [9.17, 15) is 9.59 Å². The Morgan fingerprint density at radius 2 is 2.21 bits per heavy atom. The fourth-order valence-corrected chi connectivity index (χ4v) is 1.22. The number of nitrogens with zero attached hydrogens (tertiary/aromatic N) is 1. The van der Waals surface area contributed by atoms with Gasteiger partial charge in [0, 0.05) is 11.8 Å². The molecule has 1 heterocycles. The number of aromatic nitrogens is 1. The SMILES string of the molecule is C/C=C/C(=O)Cn1c(C)cccc1=O. The maximum Gasteiger partial charge on any atom is 0.251 e. The average Bonchev–Trinajstić information content (AvgIpc) is 2.12. The van der Waals surface area contributed by atoms with Gasteiger partial charge in [0.1, 0.15) is 0 Å². The van der Waals surface area contributed by atoms with Gasteiger partial charge in [-0.25, -0.2) is 0 Å². The zero-order chi connectivity index (χ0) is 10.6. The fourth-order valence-electron chi connectivity index (χ4n) is 1.22. The highest BCUT2D eigenvalue weighted by Crippen LogP contribution is 1.94. The summed E-state index contributed by atoms with van der Waals surface area (Å²) in [4.78, 5) is 22.6. The van der Waals surface area contributed by atoms with Crippen molar-refractivity contribution in [3.05, 3.63) is 46.4 Å². The lowest BCUT2D eigenvalue weighted by Gasteiger charge is -2.05. The Hall–Kier alpha value is -1.64. The van der Waals surface area contributed by atoms with Crippen LogP contribution in [0.3, 0.4) is 0 Å². The molecule has 0 aromatic carbocycles. The van der Waals surface area contributed by atoms with E-state index in [2.05, 4.69) is 0 Å². The van der Waals surface area contributed by atoms with Gasteiger partial charge in [0.2, 0.25) is 0 Å². The zero-order valence-electron chi connectivity index (χ0n) is 8.36. The van der Waals surface area contributed by atoms with E-state index in [0.717, 1.165) is 5.69 Å². The van der Waals surface area contributed by atoms with Crippen molar-refractivity contribution in [2.45, 2.75) is 20.4 Å². The van der Waals surface area contributed by atoms with Gasteiger partial charge in [-0.2, -0.15) is 0 Å². The van der Waals surface area contributed by atoms with E-state index in [-0.39, 0.29) is 17.9 Å². The normalized spacial score (nSPS) is 10.7. The molecule has 74 valence electrons. The minimum Gasteiger partial charge on any atom is -0.305 e. The smallest absolute Gasteiger partial charge is 0.251 e. The van der Waals surface area contributed by atoms with Crippen molar-refractivity contribution < 1.29 is 4.79 Å². The van der Waals surface area contributed by atoms with E-state index in [1.54, 1.807) is 19.1 Å². The van der Waals surface area contributed by atoms with Crippen LogP contribution >= 0.6 is 0 Å². The lowest BCUT2D eigenvalue weighted by Crippen LogP contribution is -2.24. The van der Waals surface area contributed by atoms with Crippen molar-refractivity contribution >= 4 is 5.78 Å². The number of carbonyl (C=O) groups excluding carboxylic acids is 1. The summed E-state index contributed by atoms with van der Waals surface area (Å²) < 4.78 is 1.46. The van der Waals surface area contributed by atoms with Crippen LogP contribution in [-0.4, -0.2) is 10.4 Å². The second kappa shape index (κ2) is 4.56. The molecule has 0 aliphatic rings. The number of rotatable bonds is 3. The molecule has 0 radical (unpaired) electrons. The van der Waals surface area contributed by atoms with Crippen molar-refractivity contribution in [3.63, 3.8) is 0 Å². The number of aryl methyl sites for hydroxylation is 1. The van der Waals surface area contributed by atoms with Crippen LogP contribution in [0.15, 0.2) is 35.1 Å². The van der Waals surface area contributed by atoms with Gasteiger partial charge in [0.15, 0.2) is 5.78 Å². The van der Waals surface area contributed by atoms with E-state index >= 15 is 0 Å². The monoisotopic (exact) mass is 191 g/mol. The summed E-state index contributed by atoms with van der Waals surface area (Å²) in [5, 5.41) is 0. The van der Waals surface area contributed by atoms with Crippen molar-refractivity contribution in [2.24, 2.45) is 0 Å². The Morgan fingerprint density at radius 3 is 2.79 bits per heavy atom. The summed E-state index contributed by atoms with van der Waals surface area (Å²) in [7, 11) is 0. The van der Waals surface area contributed by atoms with Gasteiger partial charge < -0.3 is 4.57 Å². The van der Waals surface area contributed by atoms with Crippen molar-refractivity contribution in [2.75, 3.05) is 0 Å². The van der Waals surface area contributed by atoms with E-state index < -0.39 is 0 Å². The lowest BCUT2D eigenvalue weighted by atomic mass is 10.3. The summed E-state index contributed by atoms with van der Waals surface area (Å²) in [5.74, 6) is -0.0658. The molecule has 0 N–H and O–H groups in total. The molecule has 0 saturated carbocycles. The molecule has 0 fully saturated rings. The second-order valence-electron chi connectivity index (χ2n) is 3.06. The van der Waals surface area contributed by atoms with Gasteiger partial charge >= 0.3 is 0 Å². The van der Waals surface area contributed by atoms with Gasteiger partial charge in [-0.3, -0.25) is 9.59 Å². The van der Waals surface area contributed by atoms with Gasteiger partial charge in [-0.15, -0.1) is 0 Å². The standard InChI is InChI=1S/C11H13NO2/c1-3-5-10(13)8-12-9(2)6-4-7-11(12)14/h3-7H,8H2,1-2H3/b5-3+. The van der Waals surface area contributed by atoms with Crippen LogP contribution < -0.4 is 5.56 Å². The summed E-state index contributed by atoms with van der Waals surface area (Å²) in [6, 6.07) is 4.95. The van der Waals surface area contributed by atoms with Gasteiger partial charge in [-0.05, 0) is 26.0 Å². The highest BCUT2D eigenvalue weighted by atomic mass is 16.1. The van der Waals surface area contributed by atoms with Gasteiger partial charge in [-0.1, -0.05) is 12.1 Å². The van der Waals surface area contributed by atoms with E-state index in [1.807, 2.05) is 13.0 Å². The predicted octanol–water partition coefficient (Wildman–Crippen LogP) is 1.30. The van der Waals surface area contributed by atoms with E-state index in [1.165, 1.54) is 16.7 Å². The van der Waals surface area contributed by atoms with Crippen molar-refractivity contribution in [3.8, 4) is 0 Å².